The molecule has 0 unspecified atom stereocenters. The molecular weight excluding hydrogens is 346 g/mol. The number of ether oxygens (including phenoxy) is 2. The number of aryl methyl sites for hydroxylation is 2. The fourth-order valence-corrected chi connectivity index (χ4v) is 2.31. The molecule has 27 heavy (non-hydrogen) atoms. The highest BCUT2D eigenvalue weighted by molar-refractivity contribution is 5.97. The van der Waals surface area contributed by atoms with Gasteiger partial charge in [0.1, 0.15) is 0 Å². The van der Waals surface area contributed by atoms with Crippen molar-refractivity contribution in [2.75, 3.05) is 19.0 Å². The van der Waals surface area contributed by atoms with E-state index in [2.05, 4.69) is 10.1 Å². The second kappa shape index (κ2) is 9.33. The molecule has 0 aromatic heterocycles. The Morgan fingerprint density at radius 2 is 1.85 bits per heavy atom. The van der Waals surface area contributed by atoms with E-state index in [0.29, 0.717) is 11.3 Å². The lowest BCUT2D eigenvalue weighted by molar-refractivity contribution is -0.142. The molecule has 0 aliphatic heterocycles. The summed E-state index contributed by atoms with van der Waals surface area (Å²) in [6.07, 6.45) is 2.89. The zero-order valence-electron chi connectivity index (χ0n) is 15.4. The molecule has 2 aromatic carbocycles. The predicted molar refractivity (Wildman–Crippen MR) is 102 cm³/mol. The number of anilines is 1. The van der Waals surface area contributed by atoms with E-state index in [1.807, 2.05) is 31.2 Å². The fraction of sp³-hybridized carbons (Fsp3) is 0.190. The largest absolute Gasteiger partial charge is 0.465 e. The van der Waals surface area contributed by atoms with Gasteiger partial charge in [-0.25, -0.2) is 9.59 Å². The van der Waals surface area contributed by atoms with Gasteiger partial charge in [0.15, 0.2) is 6.61 Å². The van der Waals surface area contributed by atoms with Crippen LogP contribution in [0.15, 0.2) is 48.5 Å². The Hall–Kier alpha value is -3.41. The van der Waals surface area contributed by atoms with Crippen molar-refractivity contribution in [1.29, 1.82) is 0 Å². The molecular formula is C21H21NO5. The quantitative estimate of drug-likeness (QED) is 0.626. The van der Waals surface area contributed by atoms with Crippen molar-refractivity contribution in [2.45, 2.75) is 13.8 Å². The van der Waals surface area contributed by atoms with E-state index < -0.39 is 24.5 Å². The first kappa shape index (κ1) is 19.9. The van der Waals surface area contributed by atoms with Crippen molar-refractivity contribution in [1.82, 2.24) is 0 Å². The maximum absolute atomic E-state index is 12.0. The van der Waals surface area contributed by atoms with Gasteiger partial charge in [-0.15, -0.1) is 0 Å². The summed E-state index contributed by atoms with van der Waals surface area (Å²) in [5, 5.41) is 2.62. The molecule has 0 spiro atoms. The van der Waals surface area contributed by atoms with Crippen molar-refractivity contribution in [2.24, 2.45) is 0 Å². The smallest absolute Gasteiger partial charge is 0.337 e. The first-order chi connectivity index (χ1) is 12.9. The zero-order valence-corrected chi connectivity index (χ0v) is 15.4. The van der Waals surface area contributed by atoms with Gasteiger partial charge in [-0.05, 0) is 43.2 Å². The van der Waals surface area contributed by atoms with Gasteiger partial charge in [0.25, 0.3) is 5.91 Å². The Morgan fingerprint density at radius 3 is 2.56 bits per heavy atom. The predicted octanol–water partition coefficient (Wildman–Crippen LogP) is 3.29. The second-order valence-corrected chi connectivity index (χ2v) is 5.92. The third-order valence-electron chi connectivity index (χ3n) is 3.73. The molecule has 140 valence electrons. The molecule has 0 aliphatic carbocycles. The first-order valence-corrected chi connectivity index (χ1v) is 8.29. The molecule has 0 fully saturated rings. The summed E-state index contributed by atoms with van der Waals surface area (Å²) in [5.74, 6) is -1.62. The Kier molecular flexibility index (Phi) is 6.88. The van der Waals surface area contributed by atoms with E-state index in [1.165, 1.54) is 19.3 Å². The number of amides is 1. The van der Waals surface area contributed by atoms with E-state index >= 15 is 0 Å². The highest BCUT2D eigenvalue weighted by Crippen LogP contribution is 2.17. The number of hydrogen-bond acceptors (Lipinski definition) is 5. The molecule has 0 radical (unpaired) electrons. The molecule has 2 rings (SSSR count). The van der Waals surface area contributed by atoms with E-state index in [-0.39, 0.29) is 0 Å². The minimum absolute atomic E-state index is 0.316. The topological polar surface area (TPSA) is 81.7 Å². The van der Waals surface area contributed by atoms with Gasteiger partial charge in [0, 0.05) is 11.8 Å². The van der Waals surface area contributed by atoms with Crippen LogP contribution in [-0.2, 0) is 19.1 Å². The van der Waals surface area contributed by atoms with Crippen LogP contribution < -0.4 is 5.32 Å². The van der Waals surface area contributed by atoms with Crippen molar-refractivity contribution in [3.8, 4) is 0 Å². The molecule has 0 saturated heterocycles. The highest BCUT2D eigenvalue weighted by Gasteiger charge is 2.11. The van der Waals surface area contributed by atoms with E-state index in [4.69, 9.17) is 4.74 Å². The lowest BCUT2D eigenvalue weighted by atomic mass is 10.1. The Bertz CT molecular complexity index is 886. The summed E-state index contributed by atoms with van der Waals surface area (Å²) in [4.78, 5) is 35.3. The molecule has 6 nitrogen and oxygen atoms in total. The lowest BCUT2D eigenvalue weighted by Gasteiger charge is -2.10. The number of rotatable bonds is 6. The SMILES string of the molecule is COC(=O)c1ccc(C)c(NC(=O)COC(=O)/C=C/c2cccc(C)c2)c1. The van der Waals surface area contributed by atoms with Gasteiger partial charge in [0.05, 0.1) is 12.7 Å². The summed E-state index contributed by atoms with van der Waals surface area (Å²) in [5.41, 5.74) is 3.48. The van der Waals surface area contributed by atoms with E-state index in [9.17, 15) is 14.4 Å². The molecule has 1 N–H and O–H groups in total. The number of benzene rings is 2. The number of hydrogen-bond donors (Lipinski definition) is 1. The van der Waals surface area contributed by atoms with Crippen LogP contribution in [-0.4, -0.2) is 31.6 Å². The van der Waals surface area contributed by atoms with Gasteiger partial charge in [-0.1, -0.05) is 35.9 Å². The van der Waals surface area contributed by atoms with Crippen molar-refractivity contribution >= 4 is 29.6 Å². The van der Waals surface area contributed by atoms with Gasteiger partial charge in [-0.2, -0.15) is 0 Å². The minimum atomic E-state index is -0.619. The normalized spacial score (nSPS) is 10.5. The molecule has 0 saturated carbocycles. The van der Waals surface area contributed by atoms with Gasteiger partial charge < -0.3 is 14.8 Å². The zero-order chi connectivity index (χ0) is 19.8. The highest BCUT2D eigenvalue weighted by atomic mass is 16.5. The van der Waals surface area contributed by atoms with E-state index in [0.717, 1.165) is 16.7 Å². The summed E-state index contributed by atoms with van der Waals surface area (Å²) >= 11 is 0. The van der Waals surface area contributed by atoms with Crippen LogP contribution in [0.4, 0.5) is 5.69 Å². The Morgan fingerprint density at radius 1 is 1.07 bits per heavy atom. The van der Waals surface area contributed by atoms with Gasteiger partial charge in [0.2, 0.25) is 0 Å². The minimum Gasteiger partial charge on any atom is -0.465 e. The maximum atomic E-state index is 12.0. The Labute approximate surface area is 157 Å². The maximum Gasteiger partial charge on any atom is 0.337 e. The van der Waals surface area contributed by atoms with Crippen molar-refractivity contribution in [3.63, 3.8) is 0 Å². The number of methoxy groups -OCH3 is 1. The summed E-state index contributed by atoms with van der Waals surface area (Å²) in [7, 11) is 1.28. The molecule has 0 bridgehead atoms. The Balaban J connectivity index is 1.90. The fourth-order valence-electron chi connectivity index (χ4n) is 2.31. The summed E-state index contributed by atoms with van der Waals surface area (Å²) < 4.78 is 9.59. The van der Waals surface area contributed by atoms with Crippen LogP contribution in [0, 0.1) is 13.8 Å². The van der Waals surface area contributed by atoms with Crippen LogP contribution in [0.5, 0.6) is 0 Å². The molecule has 0 aliphatic rings. The van der Waals surface area contributed by atoms with Crippen LogP contribution in [0.2, 0.25) is 0 Å². The van der Waals surface area contributed by atoms with E-state index in [1.54, 1.807) is 25.1 Å². The van der Waals surface area contributed by atoms with Gasteiger partial charge in [-0.3, -0.25) is 4.79 Å². The standard InChI is InChI=1S/C21H21NO5/c1-14-5-4-6-16(11-14)8-10-20(24)27-13-19(23)22-18-12-17(21(25)26-3)9-7-15(18)2/h4-12H,13H2,1-3H3,(H,22,23)/b10-8+. The average Bonchev–Trinajstić information content (AvgIpc) is 2.66. The third kappa shape index (κ3) is 6.11. The number of carbonyl (C=O) groups is 3. The first-order valence-electron chi connectivity index (χ1n) is 8.29. The second-order valence-electron chi connectivity index (χ2n) is 5.92. The van der Waals surface area contributed by atoms with Crippen LogP contribution in [0.25, 0.3) is 6.08 Å². The molecule has 0 heterocycles. The third-order valence-corrected chi connectivity index (χ3v) is 3.73. The molecule has 6 heteroatoms. The van der Waals surface area contributed by atoms with Crippen LogP contribution in [0.1, 0.15) is 27.0 Å². The lowest BCUT2D eigenvalue weighted by Crippen LogP contribution is -2.21. The summed E-state index contributed by atoms with van der Waals surface area (Å²) in [6, 6.07) is 12.4. The van der Waals surface area contributed by atoms with Crippen molar-refractivity contribution < 1.29 is 23.9 Å². The molecule has 0 atom stereocenters. The summed E-state index contributed by atoms with van der Waals surface area (Å²) in [6.45, 7) is 3.31. The van der Waals surface area contributed by atoms with Crippen molar-refractivity contribution in [3.05, 3.63) is 70.8 Å². The van der Waals surface area contributed by atoms with Crippen LogP contribution >= 0.6 is 0 Å². The monoisotopic (exact) mass is 367 g/mol. The number of nitrogens with one attached hydrogen (secondary N) is 1. The van der Waals surface area contributed by atoms with Gasteiger partial charge >= 0.3 is 11.9 Å². The molecule has 2 aromatic rings. The molecule has 1 amide bonds. The van der Waals surface area contributed by atoms with Crippen LogP contribution in [0.3, 0.4) is 0 Å². The average molecular weight is 367 g/mol. The number of carbonyl (C=O) groups excluding carboxylic acids is 3. The number of esters is 2.